The molecular weight excluding hydrogens is 295 g/mol. The van der Waals surface area contributed by atoms with E-state index >= 15 is 0 Å². The van der Waals surface area contributed by atoms with E-state index < -0.39 is 6.10 Å². The molecule has 1 aliphatic rings. The van der Waals surface area contributed by atoms with Gasteiger partial charge in [-0.2, -0.15) is 0 Å². The highest BCUT2D eigenvalue weighted by Crippen LogP contribution is 2.43. The normalized spacial score (nSPS) is 21.2. The lowest BCUT2D eigenvalue weighted by molar-refractivity contribution is 0.0657. The lowest BCUT2D eigenvalue weighted by Crippen LogP contribution is -2.19. The molecule has 0 aromatic heterocycles. The molecule has 0 aliphatic carbocycles. The minimum absolute atomic E-state index is 0.286. The Balaban J connectivity index is 1.99. The van der Waals surface area contributed by atoms with E-state index in [-0.39, 0.29) is 6.10 Å². The molecule has 0 saturated carbocycles. The number of hydrogen-bond donors (Lipinski definition) is 1. The van der Waals surface area contributed by atoms with E-state index in [4.69, 9.17) is 27.9 Å². The minimum Gasteiger partial charge on any atom is -0.485 e. The maximum atomic E-state index is 10.3. The number of rotatable bonds is 1. The van der Waals surface area contributed by atoms with Crippen LogP contribution < -0.4 is 4.74 Å². The molecule has 0 amide bonds. The second-order valence-corrected chi connectivity index (χ2v) is 5.83. The molecule has 1 N–H and O–H groups in total. The van der Waals surface area contributed by atoms with E-state index in [2.05, 4.69) is 0 Å². The van der Waals surface area contributed by atoms with Gasteiger partial charge in [-0.1, -0.05) is 47.0 Å². The van der Waals surface area contributed by atoms with Crippen molar-refractivity contribution in [2.24, 2.45) is 0 Å². The lowest BCUT2D eigenvalue weighted by atomic mass is 9.94. The van der Waals surface area contributed by atoms with E-state index in [0.29, 0.717) is 22.2 Å². The number of hydrogen-bond acceptors (Lipinski definition) is 2. The average Bonchev–Trinajstić information content (AvgIpc) is 2.42. The monoisotopic (exact) mass is 308 g/mol. The summed E-state index contributed by atoms with van der Waals surface area (Å²) < 4.78 is 5.98. The first-order chi connectivity index (χ1) is 9.56. The number of aliphatic hydroxyl groups is 1. The largest absolute Gasteiger partial charge is 0.485 e. The second kappa shape index (κ2) is 5.28. The molecule has 1 heterocycles. The van der Waals surface area contributed by atoms with Crippen LogP contribution in [0.4, 0.5) is 0 Å². The molecule has 20 heavy (non-hydrogen) atoms. The van der Waals surface area contributed by atoms with Crippen molar-refractivity contribution in [3.05, 3.63) is 63.1 Å². The Bertz CT molecular complexity index is 655. The molecule has 0 bridgehead atoms. The highest BCUT2D eigenvalue weighted by atomic mass is 35.5. The molecule has 0 saturated heterocycles. The molecule has 4 heteroatoms. The van der Waals surface area contributed by atoms with Gasteiger partial charge in [0.25, 0.3) is 0 Å². The van der Waals surface area contributed by atoms with Gasteiger partial charge in [0.1, 0.15) is 11.9 Å². The predicted octanol–water partition coefficient (Wildman–Crippen LogP) is 4.86. The summed E-state index contributed by atoms with van der Waals surface area (Å²) in [6, 6.07) is 11.3. The SMILES string of the molecule is Cc1ccc2c(c1)C(O)CC(c1cccc(Cl)c1Cl)O2. The van der Waals surface area contributed by atoms with Crippen LogP contribution in [0.15, 0.2) is 36.4 Å². The third kappa shape index (κ3) is 2.39. The molecule has 0 spiro atoms. The van der Waals surface area contributed by atoms with Crippen LogP contribution in [0.2, 0.25) is 10.0 Å². The fraction of sp³-hybridized carbons (Fsp3) is 0.250. The fourth-order valence-corrected chi connectivity index (χ4v) is 2.96. The van der Waals surface area contributed by atoms with Gasteiger partial charge in [-0.15, -0.1) is 0 Å². The third-order valence-corrected chi connectivity index (χ3v) is 4.39. The molecule has 2 unspecified atom stereocenters. The maximum absolute atomic E-state index is 10.3. The van der Waals surface area contributed by atoms with Crippen molar-refractivity contribution in [3.63, 3.8) is 0 Å². The second-order valence-electron chi connectivity index (χ2n) is 5.04. The van der Waals surface area contributed by atoms with Gasteiger partial charge in [0.15, 0.2) is 0 Å². The first kappa shape index (κ1) is 13.7. The van der Waals surface area contributed by atoms with Crippen molar-refractivity contribution < 1.29 is 9.84 Å². The van der Waals surface area contributed by atoms with Crippen molar-refractivity contribution in [2.45, 2.75) is 25.6 Å². The summed E-state index contributed by atoms with van der Waals surface area (Å²) in [5.41, 5.74) is 2.74. The first-order valence-corrected chi connectivity index (χ1v) is 7.21. The van der Waals surface area contributed by atoms with Gasteiger partial charge >= 0.3 is 0 Å². The van der Waals surface area contributed by atoms with Crippen LogP contribution in [0.3, 0.4) is 0 Å². The zero-order valence-corrected chi connectivity index (χ0v) is 12.4. The quantitative estimate of drug-likeness (QED) is 0.815. The number of aliphatic hydroxyl groups excluding tert-OH is 1. The molecule has 2 atom stereocenters. The summed E-state index contributed by atoms with van der Waals surface area (Å²) in [6.45, 7) is 1.99. The van der Waals surface area contributed by atoms with Crippen molar-refractivity contribution in [1.29, 1.82) is 0 Å². The van der Waals surface area contributed by atoms with Gasteiger partial charge in [-0.05, 0) is 25.1 Å². The van der Waals surface area contributed by atoms with Crippen LogP contribution in [0.5, 0.6) is 5.75 Å². The van der Waals surface area contributed by atoms with E-state index in [0.717, 1.165) is 16.7 Å². The van der Waals surface area contributed by atoms with Crippen LogP contribution in [-0.2, 0) is 0 Å². The molecule has 104 valence electrons. The molecule has 1 aliphatic heterocycles. The van der Waals surface area contributed by atoms with Crippen LogP contribution in [0, 0.1) is 6.92 Å². The first-order valence-electron chi connectivity index (χ1n) is 6.45. The van der Waals surface area contributed by atoms with Crippen LogP contribution in [0.1, 0.15) is 35.3 Å². The van der Waals surface area contributed by atoms with Crippen LogP contribution in [0.25, 0.3) is 0 Å². The van der Waals surface area contributed by atoms with E-state index in [9.17, 15) is 5.11 Å². The zero-order valence-electron chi connectivity index (χ0n) is 10.9. The maximum Gasteiger partial charge on any atom is 0.128 e. The number of ether oxygens (including phenoxy) is 1. The Morgan fingerprint density at radius 3 is 2.75 bits per heavy atom. The highest BCUT2D eigenvalue weighted by Gasteiger charge is 2.29. The lowest BCUT2D eigenvalue weighted by Gasteiger charge is -2.30. The number of halogens is 2. The number of fused-ring (bicyclic) bond motifs is 1. The van der Waals surface area contributed by atoms with E-state index in [1.807, 2.05) is 37.3 Å². The van der Waals surface area contributed by atoms with Crippen molar-refractivity contribution in [3.8, 4) is 5.75 Å². The Morgan fingerprint density at radius 1 is 1.15 bits per heavy atom. The summed E-state index contributed by atoms with van der Waals surface area (Å²) in [7, 11) is 0. The van der Waals surface area contributed by atoms with Crippen LogP contribution in [-0.4, -0.2) is 5.11 Å². The van der Waals surface area contributed by atoms with E-state index in [1.165, 1.54) is 0 Å². The smallest absolute Gasteiger partial charge is 0.128 e. The summed E-state index contributed by atoms with van der Waals surface area (Å²) in [6.07, 6.45) is -0.374. The van der Waals surface area contributed by atoms with Gasteiger partial charge in [-0.3, -0.25) is 0 Å². The molecule has 2 aromatic rings. The van der Waals surface area contributed by atoms with Crippen molar-refractivity contribution in [2.75, 3.05) is 0 Å². The Kier molecular flexibility index (Phi) is 3.63. The average molecular weight is 309 g/mol. The molecular formula is C16H14Cl2O2. The molecule has 3 rings (SSSR count). The predicted molar refractivity (Wildman–Crippen MR) is 80.6 cm³/mol. The summed E-state index contributed by atoms with van der Waals surface area (Å²) in [4.78, 5) is 0. The number of benzene rings is 2. The molecule has 0 radical (unpaired) electrons. The van der Waals surface area contributed by atoms with Gasteiger partial charge in [0.05, 0.1) is 16.1 Å². The summed E-state index contributed by atoms with van der Waals surface area (Å²) in [5.74, 6) is 0.704. The molecule has 0 fully saturated rings. The van der Waals surface area contributed by atoms with Crippen molar-refractivity contribution in [1.82, 2.24) is 0 Å². The Labute approximate surface area is 127 Å². The van der Waals surface area contributed by atoms with E-state index in [1.54, 1.807) is 6.07 Å². The fourth-order valence-electron chi connectivity index (χ4n) is 2.53. The summed E-state index contributed by atoms with van der Waals surface area (Å²) >= 11 is 12.3. The minimum atomic E-state index is -0.557. The summed E-state index contributed by atoms with van der Waals surface area (Å²) in [5, 5.41) is 11.3. The van der Waals surface area contributed by atoms with Gasteiger partial charge in [0, 0.05) is 17.5 Å². The number of aryl methyl sites for hydroxylation is 1. The molecule has 2 aromatic carbocycles. The third-order valence-electron chi connectivity index (χ3n) is 3.56. The zero-order chi connectivity index (χ0) is 14.3. The van der Waals surface area contributed by atoms with Gasteiger partial charge in [0.2, 0.25) is 0 Å². The van der Waals surface area contributed by atoms with Crippen LogP contribution >= 0.6 is 23.2 Å². The highest BCUT2D eigenvalue weighted by molar-refractivity contribution is 6.42. The Morgan fingerprint density at radius 2 is 1.95 bits per heavy atom. The Hall–Kier alpha value is -1.22. The van der Waals surface area contributed by atoms with Gasteiger partial charge < -0.3 is 9.84 Å². The standard InChI is InChI=1S/C16H14Cl2O2/c1-9-5-6-14-11(7-9)13(19)8-15(20-14)10-3-2-4-12(17)16(10)18/h2-7,13,15,19H,8H2,1H3. The van der Waals surface area contributed by atoms with Gasteiger partial charge in [-0.25, -0.2) is 0 Å². The topological polar surface area (TPSA) is 29.5 Å². The molecule has 2 nitrogen and oxygen atoms in total. The van der Waals surface area contributed by atoms with Crippen molar-refractivity contribution >= 4 is 23.2 Å².